The van der Waals surface area contributed by atoms with Gasteiger partial charge in [-0.15, -0.1) is 0 Å². The molecule has 1 aliphatic rings. The van der Waals surface area contributed by atoms with Gasteiger partial charge in [-0.2, -0.15) is 13.2 Å². The number of pyridine rings is 1. The van der Waals surface area contributed by atoms with Crippen molar-refractivity contribution in [3.05, 3.63) is 64.8 Å². The van der Waals surface area contributed by atoms with E-state index in [1.807, 2.05) is 0 Å². The van der Waals surface area contributed by atoms with Gasteiger partial charge in [0, 0.05) is 25.5 Å². The first kappa shape index (κ1) is 21.5. The molecular formula is C21H17F4NO4. The van der Waals surface area contributed by atoms with Crippen LogP contribution in [0.3, 0.4) is 0 Å². The van der Waals surface area contributed by atoms with E-state index < -0.39 is 35.0 Å². The highest BCUT2D eigenvalue weighted by atomic mass is 19.4. The van der Waals surface area contributed by atoms with Crippen LogP contribution in [0.25, 0.3) is 0 Å². The van der Waals surface area contributed by atoms with Crippen molar-refractivity contribution in [1.82, 2.24) is 4.98 Å². The zero-order chi connectivity index (χ0) is 22.1. The highest BCUT2D eigenvalue weighted by Crippen LogP contribution is 2.35. The molecule has 0 saturated heterocycles. The number of carbonyl (C=O) groups is 2. The van der Waals surface area contributed by atoms with E-state index in [0.29, 0.717) is 17.8 Å². The Morgan fingerprint density at radius 1 is 1.17 bits per heavy atom. The molecule has 0 aliphatic heterocycles. The zero-order valence-electron chi connectivity index (χ0n) is 15.8. The van der Waals surface area contributed by atoms with Crippen LogP contribution in [0.1, 0.15) is 43.2 Å². The molecule has 2 aromatic rings. The molecule has 1 aliphatic carbocycles. The van der Waals surface area contributed by atoms with Crippen LogP contribution >= 0.6 is 0 Å². The van der Waals surface area contributed by atoms with Gasteiger partial charge >= 0.3 is 6.18 Å². The number of aliphatic hydroxyl groups excluding tert-OH is 1. The van der Waals surface area contributed by atoms with Gasteiger partial charge in [-0.3, -0.25) is 9.59 Å². The third-order valence-corrected chi connectivity index (χ3v) is 4.75. The Morgan fingerprint density at radius 2 is 1.77 bits per heavy atom. The van der Waals surface area contributed by atoms with E-state index in [1.54, 1.807) is 19.1 Å². The van der Waals surface area contributed by atoms with Crippen molar-refractivity contribution in [3.8, 4) is 11.6 Å². The fraction of sp³-hybridized carbons (Fsp3) is 0.286. The largest absolute Gasteiger partial charge is 0.511 e. The Bertz CT molecular complexity index is 993. The van der Waals surface area contributed by atoms with Gasteiger partial charge in [0.1, 0.15) is 11.5 Å². The summed E-state index contributed by atoms with van der Waals surface area (Å²) in [5.74, 6) is -3.18. The van der Waals surface area contributed by atoms with Gasteiger partial charge in [0.25, 0.3) is 5.88 Å². The van der Waals surface area contributed by atoms with Crippen LogP contribution in [0, 0.1) is 5.82 Å². The van der Waals surface area contributed by atoms with Gasteiger partial charge < -0.3 is 9.84 Å². The first-order valence-electron chi connectivity index (χ1n) is 9.09. The summed E-state index contributed by atoms with van der Waals surface area (Å²) in [7, 11) is 0. The van der Waals surface area contributed by atoms with E-state index >= 15 is 0 Å². The normalized spacial score (nSPS) is 17.2. The van der Waals surface area contributed by atoms with Crippen molar-refractivity contribution in [1.29, 1.82) is 0 Å². The molecule has 0 unspecified atom stereocenters. The Balaban J connectivity index is 1.73. The lowest BCUT2D eigenvalue weighted by Gasteiger charge is -2.23. The van der Waals surface area contributed by atoms with Crippen molar-refractivity contribution >= 4 is 11.6 Å². The van der Waals surface area contributed by atoms with Crippen LogP contribution in [0.5, 0.6) is 11.6 Å². The second-order valence-corrected chi connectivity index (χ2v) is 6.81. The lowest BCUT2D eigenvalue weighted by Crippen LogP contribution is -2.26. The van der Waals surface area contributed by atoms with Gasteiger partial charge in [-0.05, 0) is 29.7 Å². The van der Waals surface area contributed by atoms with Gasteiger partial charge in [0.2, 0.25) is 0 Å². The van der Waals surface area contributed by atoms with E-state index in [-0.39, 0.29) is 42.3 Å². The third-order valence-electron chi connectivity index (χ3n) is 4.75. The molecule has 5 nitrogen and oxygen atoms in total. The predicted molar refractivity (Wildman–Crippen MR) is 97.6 cm³/mol. The summed E-state index contributed by atoms with van der Waals surface area (Å²) in [6.07, 6.45) is -3.94. The molecule has 0 bridgehead atoms. The minimum Gasteiger partial charge on any atom is -0.511 e. The fourth-order valence-corrected chi connectivity index (χ4v) is 3.19. The van der Waals surface area contributed by atoms with Crippen molar-refractivity contribution in [2.45, 2.75) is 38.3 Å². The summed E-state index contributed by atoms with van der Waals surface area (Å²) >= 11 is 0. The molecule has 3 rings (SSSR count). The number of benzene rings is 1. The number of Topliss-reactive ketones (excluding diaryl/α,β-unsaturated/α-hetero) is 2. The molecule has 0 spiro atoms. The summed E-state index contributed by atoms with van der Waals surface area (Å²) in [4.78, 5) is 27.8. The SMILES string of the molecule is CCC(O)=C1C(=O)CC(c2ccc(Oc3ncc(C(F)(F)F)cc3F)cc2)CC1=O. The number of aliphatic hydroxyl groups is 1. The van der Waals surface area contributed by atoms with E-state index in [9.17, 15) is 32.3 Å². The second kappa shape index (κ2) is 8.25. The summed E-state index contributed by atoms with van der Waals surface area (Å²) in [6.45, 7) is 1.64. The van der Waals surface area contributed by atoms with Crippen LogP contribution in [0.4, 0.5) is 17.6 Å². The predicted octanol–water partition coefficient (Wildman–Crippen LogP) is 5.27. The van der Waals surface area contributed by atoms with Gasteiger partial charge in [-0.25, -0.2) is 9.37 Å². The number of ketones is 2. The molecule has 0 amide bonds. The number of rotatable bonds is 4. The second-order valence-electron chi connectivity index (χ2n) is 6.81. The van der Waals surface area contributed by atoms with E-state index in [0.717, 1.165) is 0 Å². The molecule has 1 aromatic carbocycles. The number of ether oxygens (including phenoxy) is 1. The van der Waals surface area contributed by atoms with Crippen molar-refractivity contribution < 1.29 is 37.0 Å². The number of allylic oxidation sites excluding steroid dienone is 2. The number of alkyl halides is 3. The Kier molecular flexibility index (Phi) is 5.91. The topological polar surface area (TPSA) is 76.5 Å². The number of aromatic nitrogens is 1. The maximum absolute atomic E-state index is 13.9. The van der Waals surface area contributed by atoms with E-state index in [4.69, 9.17) is 4.74 Å². The molecule has 0 radical (unpaired) electrons. The molecule has 0 atom stereocenters. The lowest BCUT2D eigenvalue weighted by atomic mass is 9.79. The van der Waals surface area contributed by atoms with Crippen LogP contribution in [0.15, 0.2) is 47.9 Å². The first-order chi connectivity index (χ1) is 14.1. The lowest BCUT2D eigenvalue weighted by molar-refractivity contribution is -0.138. The molecule has 158 valence electrons. The standard InChI is InChI=1S/C21H17F4NO4/c1-2-16(27)19-17(28)7-12(8-18(19)29)11-3-5-14(6-4-11)30-20-15(22)9-13(10-26-20)21(23,24)25/h3-6,9-10,12,27H,2,7-8H2,1H3. The van der Waals surface area contributed by atoms with Crippen molar-refractivity contribution in [2.75, 3.05) is 0 Å². The molecule has 9 heteroatoms. The van der Waals surface area contributed by atoms with Gasteiger partial charge in [0.15, 0.2) is 17.4 Å². The summed E-state index contributed by atoms with van der Waals surface area (Å²) in [6, 6.07) is 6.34. The monoisotopic (exact) mass is 423 g/mol. The maximum atomic E-state index is 13.9. The highest BCUT2D eigenvalue weighted by Gasteiger charge is 2.34. The number of nitrogens with zero attached hydrogens (tertiary/aromatic N) is 1. The summed E-state index contributed by atoms with van der Waals surface area (Å²) in [5, 5.41) is 9.76. The van der Waals surface area contributed by atoms with Crippen LogP contribution in [0.2, 0.25) is 0 Å². The van der Waals surface area contributed by atoms with Crippen LogP contribution < -0.4 is 4.74 Å². The Labute approximate surface area is 169 Å². The molecule has 1 fully saturated rings. The summed E-state index contributed by atoms with van der Waals surface area (Å²) < 4.78 is 56.8. The molecule has 1 heterocycles. The van der Waals surface area contributed by atoms with Gasteiger partial charge in [0.05, 0.1) is 11.1 Å². The van der Waals surface area contributed by atoms with E-state index in [2.05, 4.69) is 4.98 Å². The smallest absolute Gasteiger partial charge is 0.417 e. The molecular weight excluding hydrogens is 406 g/mol. The average Bonchev–Trinajstić information content (AvgIpc) is 2.68. The van der Waals surface area contributed by atoms with Crippen LogP contribution in [-0.4, -0.2) is 21.7 Å². The number of halogens is 4. The minimum atomic E-state index is -4.72. The van der Waals surface area contributed by atoms with Crippen LogP contribution in [-0.2, 0) is 15.8 Å². The quantitative estimate of drug-likeness (QED) is 0.314. The van der Waals surface area contributed by atoms with E-state index in [1.165, 1.54) is 12.1 Å². The molecule has 1 saturated carbocycles. The Morgan fingerprint density at radius 3 is 2.27 bits per heavy atom. The molecule has 1 N–H and O–H groups in total. The average molecular weight is 423 g/mol. The zero-order valence-corrected chi connectivity index (χ0v) is 15.8. The molecule has 1 aromatic heterocycles. The Hall–Kier alpha value is -3.23. The fourth-order valence-electron chi connectivity index (χ4n) is 3.19. The van der Waals surface area contributed by atoms with Crippen molar-refractivity contribution in [3.63, 3.8) is 0 Å². The number of hydrogen-bond donors (Lipinski definition) is 1. The number of hydrogen-bond acceptors (Lipinski definition) is 5. The third kappa shape index (κ3) is 4.50. The number of carbonyl (C=O) groups excluding carboxylic acids is 2. The van der Waals surface area contributed by atoms with Gasteiger partial charge in [-0.1, -0.05) is 19.1 Å². The highest BCUT2D eigenvalue weighted by molar-refractivity contribution is 6.22. The first-order valence-corrected chi connectivity index (χ1v) is 9.09. The maximum Gasteiger partial charge on any atom is 0.417 e. The van der Waals surface area contributed by atoms with Crippen molar-refractivity contribution in [2.24, 2.45) is 0 Å². The minimum absolute atomic E-state index is 0.0560. The summed E-state index contributed by atoms with van der Waals surface area (Å²) in [5.41, 5.74) is -0.700. The molecule has 30 heavy (non-hydrogen) atoms.